The van der Waals surface area contributed by atoms with Gasteiger partial charge >= 0.3 is 5.97 Å². The maximum absolute atomic E-state index is 12.8. The summed E-state index contributed by atoms with van der Waals surface area (Å²) in [7, 11) is 0. The fraction of sp³-hybridized carbons (Fsp3) is 0.0909. The van der Waals surface area contributed by atoms with Crippen LogP contribution in [0.2, 0.25) is 0 Å². The molecule has 142 valence electrons. The number of ether oxygens (including phenoxy) is 2. The summed E-state index contributed by atoms with van der Waals surface area (Å²) in [5.41, 5.74) is 1.06. The summed E-state index contributed by atoms with van der Waals surface area (Å²) >= 11 is 0. The molecular weight excluding hydrogens is 361 g/mol. The number of hydrogen-bond acceptors (Lipinski definition) is 4. The predicted octanol–water partition coefficient (Wildman–Crippen LogP) is 4.09. The summed E-state index contributed by atoms with van der Waals surface area (Å²) in [6.45, 7) is -0.247. The van der Waals surface area contributed by atoms with E-state index in [2.05, 4.69) is 5.32 Å². The normalized spacial score (nSPS) is 10.2. The van der Waals surface area contributed by atoms with Gasteiger partial charge in [-0.15, -0.1) is 0 Å². The molecule has 0 saturated heterocycles. The van der Waals surface area contributed by atoms with E-state index in [4.69, 9.17) is 9.47 Å². The Hall–Kier alpha value is -3.67. The van der Waals surface area contributed by atoms with Crippen molar-refractivity contribution in [3.05, 3.63) is 95.8 Å². The molecule has 3 aromatic rings. The molecule has 0 aliphatic carbocycles. The average molecular weight is 379 g/mol. The zero-order valence-corrected chi connectivity index (χ0v) is 14.9. The van der Waals surface area contributed by atoms with E-state index in [0.717, 1.165) is 0 Å². The largest absolute Gasteiger partial charge is 0.460 e. The second-order valence-corrected chi connectivity index (χ2v) is 5.91. The van der Waals surface area contributed by atoms with Crippen LogP contribution in [0.25, 0.3) is 0 Å². The molecule has 0 aliphatic rings. The van der Waals surface area contributed by atoms with Gasteiger partial charge < -0.3 is 14.8 Å². The molecule has 0 spiro atoms. The lowest BCUT2D eigenvalue weighted by atomic mass is 10.2. The summed E-state index contributed by atoms with van der Waals surface area (Å²) in [6, 6.07) is 21.5. The predicted molar refractivity (Wildman–Crippen MR) is 101 cm³/mol. The van der Waals surface area contributed by atoms with Crippen molar-refractivity contribution in [3.63, 3.8) is 0 Å². The van der Waals surface area contributed by atoms with Crippen LogP contribution in [0.3, 0.4) is 0 Å². The van der Waals surface area contributed by atoms with Crippen LogP contribution in [0.4, 0.5) is 4.39 Å². The van der Waals surface area contributed by atoms with E-state index in [-0.39, 0.29) is 19.0 Å². The molecular formula is C22H18FNO4. The molecule has 0 aromatic heterocycles. The summed E-state index contributed by atoms with van der Waals surface area (Å²) in [4.78, 5) is 23.9. The van der Waals surface area contributed by atoms with Gasteiger partial charge in [0.2, 0.25) is 0 Å². The minimum atomic E-state index is -0.582. The Morgan fingerprint density at radius 3 is 2.14 bits per heavy atom. The highest BCUT2D eigenvalue weighted by molar-refractivity contribution is 5.96. The molecule has 0 radical (unpaired) electrons. The number of nitrogens with one attached hydrogen (secondary N) is 1. The summed E-state index contributed by atoms with van der Waals surface area (Å²) in [6.07, 6.45) is 0. The molecule has 3 rings (SSSR count). The summed E-state index contributed by atoms with van der Waals surface area (Å²) in [5.74, 6) is -0.0423. The lowest BCUT2D eigenvalue weighted by Crippen LogP contribution is -2.30. The molecule has 28 heavy (non-hydrogen) atoms. The summed E-state index contributed by atoms with van der Waals surface area (Å²) in [5, 5.41) is 2.50. The Labute approximate surface area is 161 Å². The molecule has 6 heteroatoms. The number of benzene rings is 3. The molecule has 0 bridgehead atoms. The van der Waals surface area contributed by atoms with Crippen LogP contribution in [0.1, 0.15) is 15.9 Å². The number of esters is 1. The van der Waals surface area contributed by atoms with Gasteiger partial charge in [-0.2, -0.15) is 0 Å². The maximum atomic E-state index is 12.8. The third kappa shape index (κ3) is 5.67. The molecule has 0 aliphatic heterocycles. The number of rotatable bonds is 7. The number of amides is 1. The van der Waals surface area contributed by atoms with E-state index in [1.807, 2.05) is 30.3 Å². The fourth-order valence-corrected chi connectivity index (χ4v) is 2.35. The van der Waals surface area contributed by atoms with Gasteiger partial charge in [0.05, 0.1) is 0 Å². The Morgan fingerprint density at radius 2 is 1.46 bits per heavy atom. The van der Waals surface area contributed by atoms with Crippen molar-refractivity contribution in [2.75, 3.05) is 6.54 Å². The first-order valence-electron chi connectivity index (χ1n) is 8.61. The SMILES string of the molecule is O=C(CNC(=O)c1ccc(Oc2ccccc2)cc1)OCc1ccc(F)cc1. The smallest absolute Gasteiger partial charge is 0.325 e. The molecule has 1 amide bonds. The number of halogens is 1. The highest BCUT2D eigenvalue weighted by atomic mass is 19.1. The van der Waals surface area contributed by atoms with Gasteiger partial charge in [0, 0.05) is 5.56 Å². The fourth-order valence-electron chi connectivity index (χ4n) is 2.35. The first kappa shape index (κ1) is 19.1. The Balaban J connectivity index is 1.45. The van der Waals surface area contributed by atoms with Crippen LogP contribution < -0.4 is 10.1 Å². The molecule has 3 aromatic carbocycles. The van der Waals surface area contributed by atoms with E-state index in [1.165, 1.54) is 24.3 Å². The molecule has 5 nitrogen and oxygen atoms in total. The first-order valence-corrected chi connectivity index (χ1v) is 8.61. The van der Waals surface area contributed by atoms with E-state index < -0.39 is 11.9 Å². The zero-order valence-electron chi connectivity index (χ0n) is 14.9. The quantitative estimate of drug-likeness (QED) is 0.628. The summed E-state index contributed by atoms with van der Waals surface area (Å²) < 4.78 is 23.5. The molecule has 1 N–H and O–H groups in total. The molecule has 0 atom stereocenters. The second kappa shape index (κ2) is 9.32. The van der Waals surface area contributed by atoms with Crippen LogP contribution in [-0.4, -0.2) is 18.4 Å². The van der Waals surface area contributed by atoms with Crippen molar-refractivity contribution in [1.29, 1.82) is 0 Å². The molecule has 0 unspecified atom stereocenters. The first-order chi connectivity index (χ1) is 13.6. The Morgan fingerprint density at radius 1 is 0.821 bits per heavy atom. The highest BCUT2D eigenvalue weighted by Crippen LogP contribution is 2.21. The van der Waals surface area contributed by atoms with E-state index >= 15 is 0 Å². The van der Waals surface area contributed by atoms with Gasteiger partial charge in [0.1, 0.15) is 30.5 Å². The maximum Gasteiger partial charge on any atom is 0.325 e. The minimum absolute atomic E-state index is 0.0144. The van der Waals surface area contributed by atoms with Gasteiger partial charge in [-0.25, -0.2) is 4.39 Å². The van der Waals surface area contributed by atoms with Crippen LogP contribution in [0, 0.1) is 5.82 Å². The van der Waals surface area contributed by atoms with E-state index in [0.29, 0.717) is 22.6 Å². The van der Waals surface area contributed by atoms with Crippen LogP contribution in [-0.2, 0) is 16.1 Å². The molecule has 0 saturated carbocycles. The minimum Gasteiger partial charge on any atom is -0.460 e. The van der Waals surface area contributed by atoms with Gasteiger partial charge in [0.15, 0.2) is 0 Å². The number of hydrogen-bond donors (Lipinski definition) is 1. The van der Waals surface area contributed by atoms with Gasteiger partial charge in [0.25, 0.3) is 5.91 Å². The van der Waals surface area contributed by atoms with Gasteiger partial charge in [-0.1, -0.05) is 30.3 Å². The highest BCUT2D eigenvalue weighted by Gasteiger charge is 2.09. The standard InChI is InChI=1S/C22H18FNO4/c23-18-10-6-16(7-11-18)15-27-21(25)14-24-22(26)17-8-12-20(13-9-17)28-19-4-2-1-3-5-19/h1-13H,14-15H2,(H,24,26). The van der Waals surface area contributed by atoms with Crippen molar-refractivity contribution in [2.45, 2.75) is 6.61 Å². The van der Waals surface area contributed by atoms with Crippen molar-refractivity contribution >= 4 is 11.9 Å². The lowest BCUT2D eigenvalue weighted by Gasteiger charge is -2.08. The van der Waals surface area contributed by atoms with E-state index in [1.54, 1.807) is 24.3 Å². The van der Waals surface area contributed by atoms with Crippen molar-refractivity contribution < 1.29 is 23.5 Å². The third-order valence-electron chi connectivity index (χ3n) is 3.80. The number of carbonyl (C=O) groups excluding carboxylic acids is 2. The third-order valence-corrected chi connectivity index (χ3v) is 3.80. The molecule has 0 heterocycles. The topological polar surface area (TPSA) is 64.6 Å². The van der Waals surface area contributed by atoms with Crippen molar-refractivity contribution in [1.82, 2.24) is 5.32 Å². The number of para-hydroxylation sites is 1. The van der Waals surface area contributed by atoms with Gasteiger partial charge in [-0.3, -0.25) is 9.59 Å². The molecule has 0 fully saturated rings. The van der Waals surface area contributed by atoms with Crippen molar-refractivity contribution in [3.8, 4) is 11.5 Å². The van der Waals surface area contributed by atoms with Crippen LogP contribution in [0.5, 0.6) is 11.5 Å². The van der Waals surface area contributed by atoms with E-state index in [9.17, 15) is 14.0 Å². The van der Waals surface area contributed by atoms with Gasteiger partial charge in [-0.05, 0) is 54.1 Å². The Bertz CT molecular complexity index is 925. The second-order valence-electron chi connectivity index (χ2n) is 5.91. The number of carbonyl (C=O) groups is 2. The van der Waals surface area contributed by atoms with Crippen molar-refractivity contribution in [2.24, 2.45) is 0 Å². The monoisotopic (exact) mass is 379 g/mol. The Kier molecular flexibility index (Phi) is 6.36. The van der Waals surface area contributed by atoms with Crippen LogP contribution >= 0.6 is 0 Å². The zero-order chi connectivity index (χ0) is 19.8. The lowest BCUT2D eigenvalue weighted by molar-refractivity contribution is -0.143. The average Bonchev–Trinajstić information content (AvgIpc) is 2.73. The van der Waals surface area contributed by atoms with Crippen LogP contribution in [0.15, 0.2) is 78.9 Å².